The molecule has 1 aromatic carbocycles. The van der Waals surface area contributed by atoms with Gasteiger partial charge in [0.2, 0.25) is 0 Å². The Labute approximate surface area is 77.7 Å². The van der Waals surface area contributed by atoms with Crippen molar-refractivity contribution < 1.29 is 0 Å². The second-order valence-electron chi connectivity index (χ2n) is 1.93. The van der Waals surface area contributed by atoms with Gasteiger partial charge in [0.25, 0.3) is 0 Å². The van der Waals surface area contributed by atoms with Gasteiger partial charge in [-0.15, -0.1) is 0 Å². The summed E-state index contributed by atoms with van der Waals surface area (Å²) < 4.78 is 0.668. The summed E-state index contributed by atoms with van der Waals surface area (Å²) in [4.78, 5) is 0. The predicted molar refractivity (Wildman–Crippen MR) is 48.3 cm³/mol. The number of benzene rings is 1. The van der Waals surface area contributed by atoms with Crippen molar-refractivity contribution in [2.45, 2.75) is 0 Å². The standard InChI is InChI=1S/C7H4BrClN2/c8-5-1-2-6(9)7(11)4(5)3-10/h1-2H,11H2. The van der Waals surface area contributed by atoms with Crippen LogP contribution in [-0.2, 0) is 0 Å². The fourth-order valence-electron chi connectivity index (χ4n) is 0.681. The number of hydrogen-bond donors (Lipinski definition) is 1. The van der Waals surface area contributed by atoms with Gasteiger partial charge in [-0.05, 0) is 28.1 Å². The van der Waals surface area contributed by atoms with E-state index in [1.54, 1.807) is 12.1 Å². The highest BCUT2D eigenvalue weighted by molar-refractivity contribution is 9.10. The van der Waals surface area contributed by atoms with E-state index >= 15 is 0 Å². The molecule has 2 N–H and O–H groups in total. The molecule has 0 aliphatic heterocycles. The Kier molecular flexibility index (Phi) is 2.38. The molecule has 0 bridgehead atoms. The van der Waals surface area contributed by atoms with Gasteiger partial charge in [-0.25, -0.2) is 0 Å². The minimum Gasteiger partial charge on any atom is -0.396 e. The van der Waals surface area contributed by atoms with E-state index in [9.17, 15) is 0 Å². The van der Waals surface area contributed by atoms with Gasteiger partial charge in [-0.2, -0.15) is 5.26 Å². The molecular weight excluding hydrogens is 227 g/mol. The van der Waals surface area contributed by atoms with Crippen LogP contribution in [0.4, 0.5) is 5.69 Å². The molecule has 0 spiro atoms. The van der Waals surface area contributed by atoms with E-state index in [2.05, 4.69) is 15.9 Å². The molecule has 0 saturated carbocycles. The van der Waals surface area contributed by atoms with Crippen molar-refractivity contribution in [2.24, 2.45) is 0 Å². The van der Waals surface area contributed by atoms with Crippen molar-refractivity contribution in [1.82, 2.24) is 0 Å². The summed E-state index contributed by atoms with van der Waals surface area (Å²) in [5, 5.41) is 9.01. The molecule has 56 valence electrons. The van der Waals surface area contributed by atoms with Crippen LogP contribution in [-0.4, -0.2) is 0 Å². The Morgan fingerprint density at radius 2 is 2.18 bits per heavy atom. The lowest BCUT2D eigenvalue weighted by Gasteiger charge is -2.00. The van der Waals surface area contributed by atoms with Crippen LogP contribution in [0.15, 0.2) is 16.6 Å². The van der Waals surface area contributed by atoms with Crippen LogP contribution in [0.25, 0.3) is 0 Å². The highest BCUT2D eigenvalue weighted by atomic mass is 79.9. The van der Waals surface area contributed by atoms with Crippen LogP contribution in [0, 0.1) is 11.3 Å². The number of nitriles is 1. The zero-order valence-corrected chi connectivity index (χ0v) is 7.78. The van der Waals surface area contributed by atoms with Gasteiger partial charge < -0.3 is 5.73 Å². The molecule has 1 aromatic rings. The van der Waals surface area contributed by atoms with Gasteiger partial charge in [0, 0.05) is 4.47 Å². The van der Waals surface area contributed by atoms with Crippen molar-refractivity contribution in [3.05, 3.63) is 27.2 Å². The Morgan fingerprint density at radius 1 is 1.55 bits per heavy atom. The summed E-state index contributed by atoms with van der Waals surface area (Å²) in [6, 6.07) is 5.28. The fourth-order valence-corrected chi connectivity index (χ4v) is 1.27. The number of nitrogens with zero attached hydrogens (tertiary/aromatic N) is 1. The lowest BCUT2D eigenvalue weighted by atomic mass is 10.2. The maximum Gasteiger partial charge on any atom is 0.103 e. The van der Waals surface area contributed by atoms with E-state index in [-0.39, 0.29) is 0 Å². The average molecular weight is 231 g/mol. The largest absolute Gasteiger partial charge is 0.396 e. The maximum atomic E-state index is 8.61. The summed E-state index contributed by atoms with van der Waals surface area (Å²) in [6.45, 7) is 0. The van der Waals surface area contributed by atoms with Crippen LogP contribution in [0.5, 0.6) is 0 Å². The minimum atomic E-state index is 0.323. The van der Waals surface area contributed by atoms with E-state index < -0.39 is 0 Å². The third-order valence-electron chi connectivity index (χ3n) is 1.25. The highest BCUT2D eigenvalue weighted by Crippen LogP contribution is 2.28. The highest BCUT2D eigenvalue weighted by Gasteiger charge is 2.05. The SMILES string of the molecule is N#Cc1c(Br)ccc(Cl)c1N. The Morgan fingerprint density at radius 3 is 2.64 bits per heavy atom. The monoisotopic (exact) mass is 230 g/mol. The van der Waals surface area contributed by atoms with E-state index in [0.29, 0.717) is 20.7 Å². The molecular formula is C7H4BrClN2. The van der Waals surface area contributed by atoms with Crippen LogP contribution in [0.3, 0.4) is 0 Å². The molecule has 0 saturated heterocycles. The molecule has 0 aromatic heterocycles. The van der Waals surface area contributed by atoms with E-state index in [0.717, 1.165) is 0 Å². The summed E-state index contributed by atoms with van der Waals surface area (Å²) in [5.74, 6) is 0. The van der Waals surface area contributed by atoms with Gasteiger partial charge in [-0.3, -0.25) is 0 Å². The van der Waals surface area contributed by atoms with Crippen molar-refractivity contribution in [3.63, 3.8) is 0 Å². The van der Waals surface area contributed by atoms with Crippen LogP contribution in [0.2, 0.25) is 5.02 Å². The maximum absolute atomic E-state index is 8.61. The molecule has 4 heteroatoms. The van der Waals surface area contributed by atoms with Crippen LogP contribution in [0.1, 0.15) is 5.56 Å². The smallest absolute Gasteiger partial charge is 0.103 e. The first-order valence-electron chi connectivity index (χ1n) is 2.80. The van der Waals surface area contributed by atoms with Crippen LogP contribution < -0.4 is 5.73 Å². The van der Waals surface area contributed by atoms with Crippen molar-refractivity contribution in [1.29, 1.82) is 5.26 Å². The van der Waals surface area contributed by atoms with Crippen molar-refractivity contribution in [3.8, 4) is 6.07 Å². The molecule has 0 amide bonds. The quantitative estimate of drug-likeness (QED) is 0.698. The van der Waals surface area contributed by atoms with Crippen molar-refractivity contribution >= 4 is 33.2 Å². The zero-order chi connectivity index (χ0) is 8.43. The van der Waals surface area contributed by atoms with Gasteiger partial charge in [-0.1, -0.05) is 11.6 Å². The molecule has 11 heavy (non-hydrogen) atoms. The number of hydrogen-bond acceptors (Lipinski definition) is 2. The molecule has 0 radical (unpaired) electrons. The summed E-state index contributed by atoms with van der Waals surface area (Å²) in [6.07, 6.45) is 0. The zero-order valence-electron chi connectivity index (χ0n) is 5.44. The second-order valence-corrected chi connectivity index (χ2v) is 3.19. The Hall–Kier alpha value is -0.720. The normalized spacial score (nSPS) is 9.18. The van der Waals surface area contributed by atoms with Crippen LogP contribution >= 0.6 is 27.5 Å². The minimum absolute atomic E-state index is 0.323. The number of rotatable bonds is 0. The molecule has 0 fully saturated rings. The first-order valence-corrected chi connectivity index (χ1v) is 3.97. The average Bonchev–Trinajstić information content (AvgIpc) is 1.99. The number of anilines is 1. The van der Waals surface area contributed by atoms with Gasteiger partial charge in [0.05, 0.1) is 16.3 Å². The molecule has 0 aliphatic carbocycles. The molecule has 0 atom stereocenters. The van der Waals surface area contributed by atoms with Gasteiger partial charge in [0.1, 0.15) is 6.07 Å². The predicted octanol–water partition coefficient (Wildman–Crippen LogP) is 2.56. The van der Waals surface area contributed by atoms with E-state index in [1.165, 1.54) is 0 Å². The molecule has 0 aliphatic rings. The lowest BCUT2D eigenvalue weighted by molar-refractivity contribution is 1.47. The molecule has 0 heterocycles. The number of halogens is 2. The topological polar surface area (TPSA) is 49.8 Å². The molecule has 2 nitrogen and oxygen atoms in total. The van der Waals surface area contributed by atoms with E-state index in [1.807, 2.05) is 6.07 Å². The lowest BCUT2D eigenvalue weighted by Crippen LogP contribution is -1.91. The summed E-state index contributed by atoms with van der Waals surface area (Å²) >= 11 is 8.85. The molecule has 1 rings (SSSR count). The third-order valence-corrected chi connectivity index (χ3v) is 2.24. The Bertz CT molecular complexity index is 330. The van der Waals surface area contributed by atoms with E-state index in [4.69, 9.17) is 22.6 Å². The third kappa shape index (κ3) is 1.47. The Balaban J connectivity index is 3.44. The van der Waals surface area contributed by atoms with Gasteiger partial charge >= 0.3 is 0 Å². The van der Waals surface area contributed by atoms with Gasteiger partial charge in [0.15, 0.2) is 0 Å². The first kappa shape index (κ1) is 8.38. The summed E-state index contributed by atoms with van der Waals surface area (Å²) in [7, 11) is 0. The number of nitrogen functional groups attached to an aromatic ring is 1. The fraction of sp³-hybridized carbons (Fsp3) is 0. The van der Waals surface area contributed by atoms with Crippen molar-refractivity contribution in [2.75, 3.05) is 5.73 Å². The first-order chi connectivity index (χ1) is 5.16. The molecule has 0 unspecified atom stereocenters. The summed E-state index contributed by atoms with van der Waals surface area (Å²) in [5.41, 5.74) is 6.22. The second kappa shape index (κ2) is 3.12. The number of nitrogens with two attached hydrogens (primary N) is 1.